The molecular weight excluding hydrogens is 388 g/mol. The molecule has 2 N–H and O–H groups in total. The largest absolute Gasteiger partial charge is 0.396 e. The molecular formula is C17H21BrN4O3. The van der Waals surface area contributed by atoms with Crippen LogP contribution in [0, 0.1) is 6.92 Å². The van der Waals surface area contributed by atoms with Crippen molar-refractivity contribution in [2.45, 2.75) is 19.9 Å². The molecule has 0 aliphatic carbocycles. The highest BCUT2D eigenvalue weighted by molar-refractivity contribution is 9.10. The lowest BCUT2D eigenvalue weighted by atomic mass is 10.1. The summed E-state index contributed by atoms with van der Waals surface area (Å²) in [6.45, 7) is 2.85. The molecule has 0 unspecified atom stereocenters. The third-order valence-corrected chi connectivity index (χ3v) is 4.38. The molecule has 1 aromatic heterocycles. The van der Waals surface area contributed by atoms with Crippen LogP contribution in [0.3, 0.4) is 0 Å². The summed E-state index contributed by atoms with van der Waals surface area (Å²) in [5.41, 5.74) is 2.45. The number of rotatable bonds is 8. The van der Waals surface area contributed by atoms with Gasteiger partial charge in [0.15, 0.2) is 16.2 Å². The minimum atomic E-state index is -0.275. The number of halogens is 1. The molecule has 1 aromatic carbocycles. The van der Waals surface area contributed by atoms with Crippen molar-refractivity contribution in [1.29, 1.82) is 0 Å². The standard InChI is InChI=1S/C17H21BrN4O3/c1-12-4-6-13(7-5-12)10-22-14(15(19-11-24)20-17(22)18)16(25)21(2)8-3-9-23/h4-7,11,23H,3,8-10H2,1-2H3,(H,19,24). The fourth-order valence-electron chi connectivity index (χ4n) is 2.41. The molecule has 0 spiro atoms. The number of aryl methyl sites for hydroxylation is 1. The van der Waals surface area contributed by atoms with Gasteiger partial charge >= 0.3 is 0 Å². The van der Waals surface area contributed by atoms with Gasteiger partial charge in [-0.15, -0.1) is 0 Å². The molecule has 0 saturated carbocycles. The van der Waals surface area contributed by atoms with Gasteiger partial charge < -0.3 is 19.9 Å². The Kier molecular flexibility index (Phi) is 6.72. The molecule has 0 atom stereocenters. The summed E-state index contributed by atoms with van der Waals surface area (Å²) < 4.78 is 2.17. The molecule has 8 heteroatoms. The Balaban J connectivity index is 2.39. The zero-order chi connectivity index (χ0) is 18.4. The molecule has 25 heavy (non-hydrogen) atoms. The van der Waals surface area contributed by atoms with E-state index < -0.39 is 0 Å². The lowest BCUT2D eigenvalue weighted by Crippen LogP contribution is -2.31. The topological polar surface area (TPSA) is 87.5 Å². The van der Waals surface area contributed by atoms with E-state index in [0.29, 0.717) is 36.3 Å². The Morgan fingerprint density at radius 2 is 2.08 bits per heavy atom. The number of anilines is 1. The first kappa shape index (κ1) is 19.1. The highest BCUT2D eigenvalue weighted by atomic mass is 79.9. The lowest BCUT2D eigenvalue weighted by Gasteiger charge is -2.18. The second-order valence-electron chi connectivity index (χ2n) is 5.72. The maximum absolute atomic E-state index is 12.8. The molecule has 7 nitrogen and oxygen atoms in total. The Morgan fingerprint density at radius 3 is 2.68 bits per heavy atom. The second kappa shape index (κ2) is 8.77. The Bertz CT molecular complexity index is 743. The highest BCUT2D eigenvalue weighted by Gasteiger charge is 2.24. The van der Waals surface area contributed by atoms with Crippen LogP contribution in [0.4, 0.5) is 5.82 Å². The fourth-order valence-corrected chi connectivity index (χ4v) is 2.89. The van der Waals surface area contributed by atoms with Crippen LogP contribution in [0.15, 0.2) is 29.0 Å². The third-order valence-electron chi connectivity index (χ3n) is 3.78. The normalized spacial score (nSPS) is 10.6. The van der Waals surface area contributed by atoms with Crippen molar-refractivity contribution in [3.8, 4) is 0 Å². The number of imidazole rings is 1. The molecule has 2 aromatic rings. The van der Waals surface area contributed by atoms with Crippen molar-refractivity contribution in [3.63, 3.8) is 0 Å². The number of aliphatic hydroxyl groups excluding tert-OH is 1. The number of hydrogen-bond donors (Lipinski definition) is 2. The van der Waals surface area contributed by atoms with Crippen LogP contribution in [0.2, 0.25) is 0 Å². The van der Waals surface area contributed by atoms with Crippen LogP contribution in [-0.4, -0.2) is 52.1 Å². The highest BCUT2D eigenvalue weighted by Crippen LogP contribution is 2.24. The predicted molar refractivity (Wildman–Crippen MR) is 98.6 cm³/mol. The van der Waals surface area contributed by atoms with Gasteiger partial charge in [0, 0.05) is 20.2 Å². The minimum Gasteiger partial charge on any atom is -0.396 e. The maximum atomic E-state index is 12.8. The number of nitrogens with zero attached hydrogens (tertiary/aromatic N) is 3. The minimum absolute atomic E-state index is 0.00336. The van der Waals surface area contributed by atoms with E-state index in [-0.39, 0.29) is 18.3 Å². The molecule has 0 saturated heterocycles. The monoisotopic (exact) mass is 408 g/mol. The summed E-state index contributed by atoms with van der Waals surface area (Å²) in [6, 6.07) is 7.97. The first-order chi connectivity index (χ1) is 12.0. The number of aliphatic hydroxyl groups is 1. The van der Waals surface area contributed by atoms with E-state index in [1.54, 1.807) is 11.6 Å². The summed E-state index contributed by atoms with van der Waals surface area (Å²) in [6.07, 6.45) is 0.974. The number of hydrogen-bond acceptors (Lipinski definition) is 4. The molecule has 0 aliphatic heterocycles. The van der Waals surface area contributed by atoms with Gasteiger partial charge in [-0.25, -0.2) is 4.98 Å². The molecule has 2 amide bonds. The van der Waals surface area contributed by atoms with E-state index in [9.17, 15) is 9.59 Å². The van der Waals surface area contributed by atoms with Crippen molar-refractivity contribution in [2.24, 2.45) is 0 Å². The van der Waals surface area contributed by atoms with Crippen LogP contribution in [0.1, 0.15) is 28.0 Å². The van der Waals surface area contributed by atoms with Crippen molar-refractivity contribution in [1.82, 2.24) is 14.5 Å². The summed E-state index contributed by atoms with van der Waals surface area (Å²) in [5, 5.41) is 11.4. The number of carbonyl (C=O) groups is 2. The number of nitrogens with one attached hydrogen (secondary N) is 1. The average molecular weight is 409 g/mol. The molecule has 1 heterocycles. The fraction of sp³-hybridized carbons (Fsp3) is 0.353. The molecule has 0 fully saturated rings. The van der Waals surface area contributed by atoms with Crippen molar-refractivity contribution in [2.75, 3.05) is 25.5 Å². The number of benzene rings is 1. The van der Waals surface area contributed by atoms with Crippen LogP contribution >= 0.6 is 15.9 Å². The van der Waals surface area contributed by atoms with Gasteiger partial charge in [0.1, 0.15) is 0 Å². The number of carbonyl (C=O) groups excluding carboxylic acids is 2. The van der Waals surface area contributed by atoms with Crippen LogP contribution in [-0.2, 0) is 11.3 Å². The SMILES string of the molecule is Cc1ccc(Cn2c(Br)nc(NC=O)c2C(=O)N(C)CCCO)cc1. The van der Waals surface area contributed by atoms with Gasteiger partial charge in [0.2, 0.25) is 6.41 Å². The molecule has 0 aliphatic rings. The molecule has 0 radical (unpaired) electrons. The quantitative estimate of drug-likeness (QED) is 0.654. The molecule has 134 valence electrons. The van der Waals surface area contributed by atoms with E-state index in [1.807, 2.05) is 31.2 Å². The second-order valence-corrected chi connectivity index (χ2v) is 6.43. The summed E-state index contributed by atoms with van der Waals surface area (Å²) >= 11 is 3.37. The van der Waals surface area contributed by atoms with Crippen LogP contribution in [0.25, 0.3) is 0 Å². The number of aromatic nitrogens is 2. The van der Waals surface area contributed by atoms with E-state index in [0.717, 1.165) is 11.1 Å². The zero-order valence-corrected chi connectivity index (χ0v) is 15.8. The van der Waals surface area contributed by atoms with E-state index in [4.69, 9.17) is 5.11 Å². The van der Waals surface area contributed by atoms with Gasteiger partial charge in [-0.1, -0.05) is 29.8 Å². The summed E-state index contributed by atoms with van der Waals surface area (Å²) in [5.74, 6) is -0.0713. The average Bonchev–Trinajstić information content (AvgIpc) is 2.89. The van der Waals surface area contributed by atoms with Crippen LogP contribution in [0.5, 0.6) is 0 Å². The Labute approximate surface area is 154 Å². The first-order valence-corrected chi connectivity index (χ1v) is 8.65. The van der Waals surface area contributed by atoms with Gasteiger partial charge in [-0.2, -0.15) is 0 Å². The maximum Gasteiger partial charge on any atom is 0.274 e. The van der Waals surface area contributed by atoms with Crippen molar-refractivity contribution >= 4 is 34.1 Å². The smallest absolute Gasteiger partial charge is 0.274 e. The Morgan fingerprint density at radius 1 is 1.40 bits per heavy atom. The molecule has 0 bridgehead atoms. The summed E-state index contributed by atoms with van der Waals surface area (Å²) in [7, 11) is 1.65. The van der Waals surface area contributed by atoms with E-state index in [2.05, 4.69) is 26.2 Å². The first-order valence-electron chi connectivity index (χ1n) is 7.86. The molecule has 2 rings (SSSR count). The number of amides is 2. The van der Waals surface area contributed by atoms with Gasteiger partial charge in [0.25, 0.3) is 5.91 Å². The zero-order valence-electron chi connectivity index (χ0n) is 14.2. The van der Waals surface area contributed by atoms with Crippen molar-refractivity contribution < 1.29 is 14.7 Å². The summed E-state index contributed by atoms with van der Waals surface area (Å²) in [4.78, 5) is 29.4. The lowest BCUT2D eigenvalue weighted by molar-refractivity contribution is -0.105. The van der Waals surface area contributed by atoms with Gasteiger partial charge in [0.05, 0.1) is 6.54 Å². The Hall–Kier alpha value is -2.19. The van der Waals surface area contributed by atoms with Crippen LogP contribution < -0.4 is 5.32 Å². The third kappa shape index (κ3) is 4.67. The van der Waals surface area contributed by atoms with Gasteiger partial charge in [-0.3, -0.25) is 9.59 Å². The van der Waals surface area contributed by atoms with E-state index >= 15 is 0 Å². The predicted octanol–water partition coefficient (Wildman–Crippen LogP) is 2.03. The van der Waals surface area contributed by atoms with Gasteiger partial charge in [-0.05, 0) is 34.8 Å². The van der Waals surface area contributed by atoms with Crippen molar-refractivity contribution in [3.05, 3.63) is 45.8 Å². The van der Waals surface area contributed by atoms with E-state index in [1.165, 1.54) is 4.90 Å².